The molecule has 0 aromatic heterocycles. The van der Waals surface area contributed by atoms with Gasteiger partial charge in [0.2, 0.25) is 0 Å². The predicted molar refractivity (Wildman–Crippen MR) is 500 cm³/mol. The molecule has 9 aliphatic carbocycles. The summed E-state index contributed by atoms with van der Waals surface area (Å²) in [6, 6.07) is 93.1. The minimum Gasteiger partial charge on any atom is -0.328 e. The van der Waals surface area contributed by atoms with E-state index < -0.39 is 0 Å². The van der Waals surface area contributed by atoms with Crippen molar-refractivity contribution in [3.63, 3.8) is 0 Å². The van der Waals surface area contributed by atoms with E-state index in [9.17, 15) is 0 Å². The Morgan fingerprint density at radius 2 is 0.355 bits per heavy atom. The molecule has 0 heterocycles. The van der Waals surface area contributed by atoms with Gasteiger partial charge in [-0.05, 0) is 225 Å². The standard InChI is InChI=1S/C25H31.C19H27.C19H21.C13H23.C13H17.C13H11.C7H13.C7H7.8Y/c1-19-7-9-21(10-8-19)23-15-17-25(18-16-23)24-13-11-22(12-14-24)20-5-3-2-4-6-20;2*1-15-7-9-17(10-8-15)19-13-11-18(12-14-19)16-5-3-2-4-6-16;3*1-11-7-9-13(10-8-11)12-5-3-2-4-6-12;2*1-7-5-3-2-4-6-7;;;;;;;;/h2,11-21H,3-10H2,1H3;3-6,15,17-19H,7-14H2,1H3;3-6,11-15,17H,7-10H2,1H3;2,11-13H,3-10H2,1H3;3-6,11,13H,7-10H2,1H3;3-10H,1H3;2,7H,3-6H2,1H3;3-6H,1H3;;;;;;;;/q8*-1;;;;;;;;. The van der Waals surface area contributed by atoms with E-state index in [4.69, 9.17) is 0 Å². The zero-order chi connectivity index (χ0) is 80.7. The van der Waals surface area contributed by atoms with Gasteiger partial charge in [-0.25, -0.2) is 0 Å². The Balaban J connectivity index is 0.000000372. The Bertz CT molecular complexity index is 3960. The van der Waals surface area contributed by atoms with Gasteiger partial charge in [-0.3, -0.25) is 0 Å². The molecule has 0 saturated heterocycles. The fourth-order valence-corrected chi connectivity index (χ4v) is 20.6. The van der Waals surface area contributed by atoms with Crippen LogP contribution in [0.2, 0.25) is 0 Å². The number of rotatable bonds is 10. The van der Waals surface area contributed by atoms with E-state index >= 15 is 0 Å². The van der Waals surface area contributed by atoms with Gasteiger partial charge in [-0.1, -0.05) is 254 Å². The average Bonchev–Trinajstić information content (AvgIpc) is 0.951. The topological polar surface area (TPSA) is 0 Å². The minimum absolute atomic E-state index is 0. The fraction of sp³-hybridized carbons (Fsp3) is 0.509. The molecule has 9 aliphatic rings. The van der Waals surface area contributed by atoms with E-state index in [0.29, 0.717) is 0 Å². The third kappa shape index (κ3) is 44.1. The number of hydrogen-bond donors (Lipinski definition) is 0. The van der Waals surface area contributed by atoms with Crippen molar-refractivity contribution >= 4 is 0 Å². The first-order chi connectivity index (χ1) is 56.8. The van der Waals surface area contributed by atoms with E-state index in [1.165, 1.54) is 292 Å². The molecule has 0 spiro atoms. The van der Waals surface area contributed by atoms with E-state index in [1.54, 1.807) is 11.1 Å². The van der Waals surface area contributed by atoms with Gasteiger partial charge in [0.05, 0.1) is 0 Å². The minimum atomic E-state index is 0. The molecular formula is C116H150Y8-8. The second kappa shape index (κ2) is 69.6. The first-order valence-corrected chi connectivity index (χ1v) is 47.4. The molecule has 646 valence electrons. The van der Waals surface area contributed by atoms with Crippen molar-refractivity contribution in [3.8, 4) is 33.4 Å². The van der Waals surface area contributed by atoms with Crippen molar-refractivity contribution in [3.05, 3.63) is 307 Å². The second-order valence-corrected chi connectivity index (χ2v) is 38.0. The Morgan fingerprint density at radius 3 is 0.613 bits per heavy atom. The van der Waals surface area contributed by atoms with Crippen LogP contribution >= 0.6 is 0 Å². The van der Waals surface area contributed by atoms with E-state index in [2.05, 4.69) is 263 Å². The molecule has 0 N–H and O–H groups in total. The van der Waals surface area contributed by atoms with Gasteiger partial charge < -0.3 is 19.3 Å². The molecule has 0 amide bonds. The summed E-state index contributed by atoms with van der Waals surface area (Å²) in [6.45, 7) is 18.5. The monoisotopic (exact) mass is 2250 g/mol. The van der Waals surface area contributed by atoms with Crippen LogP contribution in [0.4, 0.5) is 0 Å². The maximum atomic E-state index is 3.14. The van der Waals surface area contributed by atoms with E-state index in [0.717, 1.165) is 88.8 Å². The van der Waals surface area contributed by atoms with Crippen molar-refractivity contribution in [2.75, 3.05) is 0 Å². The number of benzene rings is 9. The van der Waals surface area contributed by atoms with Crippen molar-refractivity contribution in [2.24, 2.45) is 59.2 Å². The Kier molecular flexibility index (Phi) is 67.3. The molecule has 0 nitrogen and oxygen atoms in total. The van der Waals surface area contributed by atoms with Gasteiger partial charge in [0.15, 0.2) is 0 Å². The molecule has 0 aliphatic heterocycles. The molecule has 9 aromatic rings. The third-order valence-corrected chi connectivity index (χ3v) is 28.9. The SMILES string of the molecule is CC1CCC(C2CCC(c3cc[c-]cc3)CC2)CC1.CC1CCC(C2CC[CH-]CC2)CC1.CC1CCC(c2cc[c-]cc2)CC1.CC1CCC(c2ccc(-c3cc[c-]cc3)cc2)CC1.CC1CCC(c2ccc(-c3ccc(C4CC[CH-]CC4)cc3)cc2)CC1.CC1CC[CH-]CC1.Cc1cc[c-]cc1.Cc1ccc(-c2cc[c-]cc2)cc1.[Y].[Y].[Y].[Y].[Y].[Y].[Y].[Y]. The fourth-order valence-electron chi connectivity index (χ4n) is 20.6. The van der Waals surface area contributed by atoms with Crippen molar-refractivity contribution in [1.29, 1.82) is 0 Å². The van der Waals surface area contributed by atoms with Gasteiger partial charge in [0.25, 0.3) is 0 Å². The summed E-state index contributed by atoms with van der Waals surface area (Å²) in [5, 5.41) is 0. The van der Waals surface area contributed by atoms with Crippen LogP contribution in [-0.2, 0) is 262 Å². The van der Waals surface area contributed by atoms with Gasteiger partial charge in [-0.2, -0.15) is 207 Å². The molecule has 124 heavy (non-hydrogen) atoms. The van der Waals surface area contributed by atoms with Gasteiger partial charge in [0, 0.05) is 262 Å². The van der Waals surface area contributed by atoms with Crippen LogP contribution in [0, 0.1) is 123 Å². The third-order valence-electron chi connectivity index (χ3n) is 28.9. The summed E-state index contributed by atoms with van der Waals surface area (Å²) in [7, 11) is 0. The number of aryl methyl sites for hydroxylation is 2. The summed E-state index contributed by atoms with van der Waals surface area (Å²) in [6.07, 6.45) is 58.4. The van der Waals surface area contributed by atoms with Crippen molar-refractivity contribution in [1.82, 2.24) is 0 Å². The maximum absolute atomic E-state index is 3.14. The summed E-state index contributed by atoms with van der Waals surface area (Å²) in [5.41, 5.74) is 18.1. The van der Waals surface area contributed by atoms with Gasteiger partial charge in [0.1, 0.15) is 0 Å². The normalized spacial score (nSPS) is 24.0. The quantitative estimate of drug-likeness (QED) is 0.120. The van der Waals surface area contributed by atoms with Crippen LogP contribution in [-0.4, -0.2) is 0 Å². The number of hydrogen-bond acceptors (Lipinski definition) is 0. The molecule has 18 rings (SSSR count). The molecule has 9 saturated carbocycles. The Hall–Kier alpha value is 1.81. The summed E-state index contributed by atoms with van der Waals surface area (Å²) in [5.74, 6) is 14.1. The van der Waals surface area contributed by atoms with Crippen molar-refractivity contribution in [2.45, 2.75) is 316 Å². The van der Waals surface area contributed by atoms with Crippen LogP contribution in [0.3, 0.4) is 0 Å². The molecule has 9 aromatic carbocycles. The first kappa shape index (κ1) is 120. The van der Waals surface area contributed by atoms with Gasteiger partial charge >= 0.3 is 0 Å². The van der Waals surface area contributed by atoms with Crippen LogP contribution in [0.5, 0.6) is 0 Å². The molecule has 0 bridgehead atoms. The Morgan fingerprint density at radius 1 is 0.177 bits per heavy atom. The molecule has 8 radical (unpaired) electrons. The molecule has 0 unspecified atom stereocenters. The maximum Gasteiger partial charge on any atom is 0 e. The van der Waals surface area contributed by atoms with Crippen LogP contribution in [0.25, 0.3) is 33.4 Å². The Labute approximate surface area is 962 Å². The summed E-state index contributed by atoms with van der Waals surface area (Å²) < 4.78 is 0. The molecular weight excluding hydrogens is 2100 g/mol. The average molecular weight is 2260 g/mol. The largest absolute Gasteiger partial charge is 0.328 e. The smallest absolute Gasteiger partial charge is 0 e. The summed E-state index contributed by atoms with van der Waals surface area (Å²) in [4.78, 5) is 0. The van der Waals surface area contributed by atoms with Crippen LogP contribution < -0.4 is 0 Å². The van der Waals surface area contributed by atoms with Crippen LogP contribution in [0.15, 0.2) is 218 Å². The van der Waals surface area contributed by atoms with Crippen LogP contribution in [0.1, 0.15) is 341 Å². The molecule has 9 fully saturated rings. The first-order valence-electron chi connectivity index (χ1n) is 47.4. The predicted octanol–water partition coefficient (Wildman–Crippen LogP) is 34.2. The van der Waals surface area contributed by atoms with E-state index in [1.807, 2.05) is 60.7 Å². The molecule has 0 atom stereocenters. The summed E-state index contributed by atoms with van der Waals surface area (Å²) >= 11 is 0. The zero-order valence-corrected chi connectivity index (χ0v) is 101. The zero-order valence-electron chi connectivity index (χ0n) is 78.3. The van der Waals surface area contributed by atoms with E-state index in [-0.39, 0.29) is 262 Å². The second-order valence-electron chi connectivity index (χ2n) is 38.0. The van der Waals surface area contributed by atoms with Crippen molar-refractivity contribution < 1.29 is 262 Å². The van der Waals surface area contributed by atoms with Gasteiger partial charge in [-0.15, -0.1) is 11.1 Å². The molecule has 8 heteroatoms.